The maximum absolute atomic E-state index is 14.1. The quantitative estimate of drug-likeness (QED) is 0.112. The normalized spacial score (nSPS) is 14.1. The molecule has 11 nitrogen and oxygen atoms in total. The highest BCUT2D eigenvalue weighted by Crippen LogP contribution is 2.40. The van der Waals surface area contributed by atoms with E-state index in [4.69, 9.17) is 4.74 Å². The molecule has 0 N–H and O–H groups in total. The van der Waals surface area contributed by atoms with E-state index < -0.39 is 16.2 Å². The zero-order valence-electron chi connectivity index (χ0n) is 25.6. The van der Waals surface area contributed by atoms with Crippen LogP contribution in [-0.2, 0) is 13.7 Å². The Morgan fingerprint density at radius 1 is 1.11 bits per heavy atom. The first-order valence-electron chi connectivity index (χ1n) is 14.8. The highest BCUT2D eigenvalue weighted by molar-refractivity contribution is 9.10. The van der Waals surface area contributed by atoms with Crippen LogP contribution in [0.25, 0.3) is 11.0 Å². The number of hydrogen-bond donors (Lipinski definition) is 0. The molecule has 1 atom stereocenters. The molecular formula is C34H29BrFN7O4. The molecule has 0 spiro atoms. The lowest BCUT2D eigenvalue weighted by atomic mass is 9.92. The van der Waals surface area contributed by atoms with E-state index in [1.54, 1.807) is 36.5 Å². The molecule has 2 aromatic carbocycles. The summed E-state index contributed by atoms with van der Waals surface area (Å²) in [5.41, 5.74) is 3.71. The summed E-state index contributed by atoms with van der Waals surface area (Å²) in [6.45, 7) is 3.84. The van der Waals surface area contributed by atoms with Crippen molar-refractivity contribution in [3.05, 3.63) is 132 Å². The van der Waals surface area contributed by atoms with Crippen molar-refractivity contribution in [2.75, 3.05) is 31.1 Å². The zero-order valence-corrected chi connectivity index (χ0v) is 27.1. The number of ether oxygens (including phenoxy) is 1. The van der Waals surface area contributed by atoms with Gasteiger partial charge >= 0.3 is 11.2 Å². The maximum Gasteiger partial charge on any atom is 0.359 e. The first-order valence-corrected chi connectivity index (χ1v) is 15.6. The summed E-state index contributed by atoms with van der Waals surface area (Å²) in [5, 5.41) is 21.6. The average molecular weight is 699 g/mol. The minimum atomic E-state index is -0.703. The van der Waals surface area contributed by atoms with Gasteiger partial charge in [-0.2, -0.15) is 5.26 Å². The van der Waals surface area contributed by atoms with Crippen LogP contribution in [-0.4, -0.2) is 50.5 Å². The Labute approximate surface area is 277 Å². The summed E-state index contributed by atoms with van der Waals surface area (Å²) in [4.78, 5) is 37.6. The van der Waals surface area contributed by atoms with Gasteiger partial charge in [-0.15, -0.1) is 0 Å². The van der Waals surface area contributed by atoms with Gasteiger partial charge in [0, 0.05) is 56.7 Å². The van der Waals surface area contributed by atoms with Crippen LogP contribution in [0, 0.1) is 34.2 Å². The highest BCUT2D eigenvalue weighted by atomic mass is 79.9. The fraction of sp³-hybridized carbons (Fsp3) is 0.235. The SMILES string of the molecule is Cc1cccc(OCc2cncc(C#N)c2)c1[C@H](c1ccc(F)cc1)N1CCN(c2c([N+](=O)[O-])c(=O)n(C)c3ccc(Br)nc23)CC1. The van der Waals surface area contributed by atoms with E-state index in [1.807, 2.05) is 30.0 Å². The summed E-state index contributed by atoms with van der Waals surface area (Å²) in [5.74, 6) is 0.276. The van der Waals surface area contributed by atoms with Gasteiger partial charge in [-0.1, -0.05) is 24.3 Å². The lowest BCUT2D eigenvalue weighted by Crippen LogP contribution is -2.48. The van der Waals surface area contributed by atoms with E-state index in [9.17, 15) is 24.6 Å². The van der Waals surface area contributed by atoms with Crippen molar-refractivity contribution in [3.8, 4) is 11.8 Å². The third-order valence-corrected chi connectivity index (χ3v) is 8.84. The summed E-state index contributed by atoms with van der Waals surface area (Å²) >= 11 is 3.38. The predicted octanol–water partition coefficient (Wildman–Crippen LogP) is 5.81. The molecular weight excluding hydrogens is 669 g/mol. The molecule has 0 saturated carbocycles. The number of nitriles is 1. The second-order valence-electron chi connectivity index (χ2n) is 11.3. The van der Waals surface area contributed by atoms with Gasteiger partial charge in [0.15, 0.2) is 5.69 Å². The van der Waals surface area contributed by atoms with E-state index in [0.29, 0.717) is 53.1 Å². The Morgan fingerprint density at radius 3 is 2.55 bits per heavy atom. The molecule has 6 rings (SSSR count). The molecule has 1 fully saturated rings. The molecule has 1 aliphatic heterocycles. The Bertz CT molecular complexity index is 2090. The van der Waals surface area contributed by atoms with Crippen molar-refractivity contribution in [2.45, 2.75) is 19.6 Å². The van der Waals surface area contributed by atoms with Crippen LogP contribution in [0.5, 0.6) is 5.75 Å². The van der Waals surface area contributed by atoms with E-state index >= 15 is 0 Å². The molecule has 3 aromatic heterocycles. The van der Waals surface area contributed by atoms with Crippen LogP contribution in [0.2, 0.25) is 0 Å². The van der Waals surface area contributed by atoms with Gasteiger partial charge < -0.3 is 14.2 Å². The number of benzene rings is 2. The standard InChI is InChI=1S/C34H29BrFN7O4/c1-21-4-3-5-27(47-20-23-16-22(17-37)18-38-19-23)29(21)31(24-6-8-25(36)9-7-24)41-12-14-42(15-13-41)32-30-26(10-11-28(35)39-30)40(2)34(44)33(32)43(45)46/h3-11,16,18-19,31H,12-15,20H2,1-2H3/t31-/m0/s1. The molecule has 1 saturated heterocycles. The van der Waals surface area contributed by atoms with Crippen molar-refractivity contribution in [1.82, 2.24) is 19.4 Å². The Hall–Kier alpha value is -5.19. The number of fused-ring (bicyclic) bond motifs is 1. The van der Waals surface area contributed by atoms with Gasteiger partial charge in [-0.05, 0) is 70.4 Å². The summed E-state index contributed by atoms with van der Waals surface area (Å²) < 4.78 is 22.2. The van der Waals surface area contributed by atoms with Crippen LogP contribution in [0.15, 0.2) is 82.5 Å². The fourth-order valence-electron chi connectivity index (χ4n) is 6.15. The molecule has 1 aliphatic rings. The van der Waals surface area contributed by atoms with Crippen molar-refractivity contribution in [2.24, 2.45) is 7.05 Å². The number of halogens is 2. The Morgan fingerprint density at radius 2 is 1.85 bits per heavy atom. The van der Waals surface area contributed by atoms with Crippen LogP contribution >= 0.6 is 15.9 Å². The largest absolute Gasteiger partial charge is 0.488 e. The van der Waals surface area contributed by atoms with Crippen LogP contribution in [0.4, 0.5) is 15.8 Å². The second kappa shape index (κ2) is 13.3. The number of nitro groups is 1. The highest BCUT2D eigenvalue weighted by Gasteiger charge is 2.35. The van der Waals surface area contributed by atoms with Crippen molar-refractivity contribution < 1.29 is 14.1 Å². The van der Waals surface area contributed by atoms with Gasteiger partial charge in [-0.25, -0.2) is 9.37 Å². The average Bonchev–Trinajstić information content (AvgIpc) is 3.07. The zero-order chi connectivity index (χ0) is 33.2. The molecule has 238 valence electrons. The maximum atomic E-state index is 14.1. The summed E-state index contributed by atoms with van der Waals surface area (Å²) in [6.07, 6.45) is 3.14. The number of nitrogens with zero attached hydrogens (tertiary/aromatic N) is 7. The molecule has 0 unspecified atom stereocenters. The first kappa shape index (κ1) is 31.8. The molecule has 4 heterocycles. The Balaban J connectivity index is 1.37. The van der Waals surface area contributed by atoms with Crippen LogP contribution in [0.3, 0.4) is 0 Å². The number of rotatable bonds is 8. The lowest BCUT2D eigenvalue weighted by molar-refractivity contribution is -0.385. The molecule has 0 radical (unpaired) electrons. The van der Waals surface area contributed by atoms with Gasteiger partial charge in [0.05, 0.1) is 22.0 Å². The van der Waals surface area contributed by atoms with E-state index in [1.165, 1.54) is 29.9 Å². The topological polar surface area (TPSA) is 130 Å². The number of aryl methyl sites for hydroxylation is 2. The van der Waals surface area contributed by atoms with E-state index in [2.05, 4.69) is 36.9 Å². The molecule has 0 amide bonds. The van der Waals surface area contributed by atoms with Gasteiger partial charge in [0.2, 0.25) is 0 Å². The van der Waals surface area contributed by atoms with E-state index in [-0.39, 0.29) is 24.2 Å². The lowest BCUT2D eigenvalue weighted by Gasteiger charge is -2.41. The fourth-order valence-corrected chi connectivity index (χ4v) is 6.46. The van der Waals surface area contributed by atoms with Gasteiger partial charge in [0.1, 0.15) is 34.4 Å². The smallest absolute Gasteiger partial charge is 0.359 e. The monoisotopic (exact) mass is 697 g/mol. The van der Waals surface area contributed by atoms with Gasteiger partial charge in [-0.3, -0.25) is 24.8 Å². The second-order valence-corrected chi connectivity index (χ2v) is 12.1. The molecule has 5 aromatic rings. The van der Waals surface area contributed by atoms with Crippen molar-refractivity contribution in [3.63, 3.8) is 0 Å². The van der Waals surface area contributed by atoms with Crippen LogP contribution in [0.1, 0.15) is 33.9 Å². The molecule has 47 heavy (non-hydrogen) atoms. The number of pyridine rings is 3. The van der Waals surface area contributed by atoms with Crippen molar-refractivity contribution in [1.29, 1.82) is 5.26 Å². The first-order chi connectivity index (χ1) is 22.7. The molecule has 0 bridgehead atoms. The minimum Gasteiger partial charge on any atom is -0.488 e. The number of piperazine rings is 1. The predicted molar refractivity (Wildman–Crippen MR) is 178 cm³/mol. The minimum absolute atomic E-state index is 0.186. The number of aromatic nitrogens is 3. The number of hydrogen-bond acceptors (Lipinski definition) is 9. The number of anilines is 1. The van der Waals surface area contributed by atoms with Gasteiger partial charge in [0.25, 0.3) is 0 Å². The Kier molecular flexibility index (Phi) is 8.97. The van der Waals surface area contributed by atoms with E-state index in [0.717, 1.165) is 22.3 Å². The van der Waals surface area contributed by atoms with Crippen LogP contribution < -0.4 is 15.2 Å². The summed E-state index contributed by atoms with van der Waals surface area (Å²) in [7, 11) is 1.50. The van der Waals surface area contributed by atoms with Crippen molar-refractivity contribution >= 4 is 38.3 Å². The molecule has 13 heteroatoms. The third-order valence-electron chi connectivity index (χ3n) is 8.40. The molecule has 0 aliphatic carbocycles. The third kappa shape index (κ3) is 6.30. The summed E-state index contributed by atoms with van der Waals surface area (Å²) in [6, 6.07) is 19.0.